The van der Waals surface area contributed by atoms with Crippen LogP contribution in [0.3, 0.4) is 0 Å². The Kier molecular flexibility index (Phi) is 5.70. The third-order valence-electron chi connectivity index (χ3n) is 4.13. The molecule has 6 heteroatoms. The van der Waals surface area contributed by atoms with Gasteiger partial charge < -0.3 is 15.7 Å². The Morgan fingerprint density at radius 3 is 2.58 bits per heavy atom. The number of rotatable bonds is 3. The highest BCUT2D eigenvalue weighted by molar-refractivity contribution is 5.88. The van der Waals surface area contributed by atoms with E-state index in [0.717, 1.165) is 12.8 Å². The van der Waals surface area contributed by atoms with Gasteiger partial charge in [-0.15, -0.1) is 0 Å². The third kappa shape index (κ3) is 4.88. The lowest BCUT2D eigenvalue weighted by Crippen LogP contribution is -2.54. The fourth-order valence-corrected chi connectivity index (χ4v) is 3.06. The van der Waals surface area contributed by atoms with Gasteiger partial charge in [0.05, 0.1) is 6.04 Å². The molecular weight excluding hydrogens is 306 g/mol. The summed E-state index contributed by atoms with van der Waals surface area (Å²) in [5.41, 5.74) is 6.45. The number of hydrogen-bond donors (Lipinski definition) is 2. The van der Waals surface area contributed by atoms with Gasteiger partial charge in [0.2, 0.25) is 0 Å². The van der Waals surface area contributed by atoms with Gasteiger partial charge in [-0.3, -0.25) is 4.90 Å². The molecule has 1 heterocycles. The minimum absolute atomic E-state index is 0.0546. The number of likely N-dealkylation sites (tertiary alicyclic amines) is 1. The minimum Gasteiger partial charge on any atom is -0.444 e. The summed E-state index contributed by atoms with van der Waals surface area (Å²) in [6.07, 6.45) is 2.04. The molecule has 1 aliphatic heterocycles. The summed E-state index contributed by atoms with van der Waals surface area (Å²) in [7, 11) is 0. The number of piperidine rings is 1. The molecule has 0 spiro atoms. The second kappa shape index (κ2) is 7.55. The highest BCUT2D eigenvalue weighted by Crippen LogP contribution is 2.27. The third-order valence-corrected chi connectivity index (χ3v) is 4.13. The molecule has 1 aliphatic rings. The Bertz CT molecular complexity index is 581. The summed E-state index contributed by atoms with van der Waals surface area (Å²) in [4.78, 5) is 14.1. The number of amidine groups is 1. The van der Waals surface area contributed by atoms with Gasteiger partial charge in [-0.2, -0.15) is 0 Å². The normalized spacial score (nSPS) is 22.3. The monoisotopic (exact) mass is 333 g/mol. The lowest BCUT2D eigenvalue weighted by atomic mass is 9.88. The number of carbonyl (C=O) groups excluding carboxylic acids is 1. The van der Waals surface area contributed by atoms with Gasteiger partial charge in [-0.05, 0) is 51.5 Å². The van der Waals surface area contributed by atoms with E-state index in [-0.39, 0.29) is 5.84 Å². The predicted octanol–water partition coefficient (Wildman–Crippen LogP) is 2.99. The van der Waals surface area contributed by atoms with Crippen molar-refractivity contribution in [3.8, 4) is 0 Å². The van der Waals surface area contributed by atoms with Crippen molar-refractivity contribution >= 4 is 11.9 Å². The first kappa shape index (κ1) is 18.1. The SMILES string of the molecule is CC(C)(C)OC(=O)N1CC(Cc2ccccc2)CC[C@H]1C(N)=NO. The molecule has 1 aromatic rings. The smallest absolute Gasteiger partial charge is 0.410 e. The Balaban J connectivity index is 2.12. The predicted molar refractivity (Wildman–Crippen MR) is 93.0 cm³/mol. The van der Waals surface area contributed by atoms with E-state index in [1.54, 1.807) is 4.90 Å². The zero-order chi connectivity index (χ0) is 17.7. The van der Waals surface area contributed by atoms with Crippen LogP contribution in [0, 0.1) is 5.92 Å². The van der Waals surface area contributed by atoms with Gasteiger partial charge in [0.15, 0.2) is 5.84 Å². The maximum absolute atomic E-state index is 12.6. The van der Waals surface area contributed by atoms with Crippen LogP contribution in [0.15, 0.2) is 35.5 Å². The average molecular weight is 333 g/mol. The van der Waals surface area contributed by atoms with Crippen LogP contribution >= 0.6 is 0 Å². The van der Waals surface area contributed by atoms with Gasteiger partial charge in [0.1, 0.15) is 5.60 Å². The molecule has 2 rings (SSSR count). The van der Waals surface area contributed by atoms with Crippen molar-refractivity contribution in [2.45, 2.75) is 51.7 Å². The van der Waals surface area contributed by atoms with E-state index in [0.29, 0.717) is 18.9 Å². The summed E-state index contributed by atoms with van der Waals surface area (Å²) in [6.45, 7) is 6.02. The van der Waals surface area contributed by atoms with E-state index >= 15 is 0 Å². The van der Waals surface area contributed by atoms with Gasteiger partial charge in [-0.1, -0.05) is 35.5 Å². The van der Waals surface area contributed by atoms with E-state index in [1.807, 2.05) is 39.0 Å². The van der Waals surface area contributed by atoms with E-state index in [1.165, 1.54) is 5.56 Å². The molecule has 0 radical (unpaired) electrons. The van der Waals surface area contributed by atoms with Crippen LogP contribution in [0.25, 0.3) is 0 Å². The second-order valence-electron chi connectivity index (χ2n) is 7.31. The zero-order valence-electron chi connectivity index (χ0n) is 14.6. The molecule has 0 aromatic heterocycles. The molecule has 0 aliphatic carbocycles. The number of nitrogens with two attached hydrogens (primary N) is 1. The van der Waals surface area contributed by atoms with Crippen LogP contribution in [-0.4, -0.2) is 40.2 Å². The lowest BCUT2D eigenvalue weighted by Gasteiger charge is -2.39. The van der Waals surface area contributed by atoms with Gasteiger partial charge in [0, 0.05) is 6.54 Å². The Labute approximate surface area is 143 Å². The number of benzene rings is 1. The fraction of sp³-hybridized carbons (Fsp3) is 0.556. The van der Waals surface area contributed by atoms with Gasteiger partial charge in [-0.25, -0.2) is 4.79 Å². The molecule has 1 fully saturated rings. The topological polar surface area (TPSA) is 88.2 Å². The quantitative estimate of drug-likeness (QED) is 0.385. The Hall–Kier alpha value is -2.24. The van der Waals surface area contributed by atoms with Crippen LogP contribution < -0.4 is 5.73 Å². The first-order chi connectivity index (χ1) is 11.3. The zero-order valence-corrected chi connectivity index (χ0v) is 14.6. The van der Waals surface area contributed by atoms with E-state index in [2.05, 4.69) is 17.3 Å². The highest BCUT2D eigenvalue weighted by Gasteiger charge is 2.36. The minimum atomic E-state index is -0.584. The summed E-state index contributed by atoms with van der Waals surface area (Å²) in [5, 5.41) is 12.1. The Morgan fingerprint density at radius 1 is 1.33 bits per heavy atom. The Morgan fingerprint density at radius 2 is 2.00 bits per heavy atom. The molecule has 2 atom stereocenters. The van der Waals surface area contributed by atoms with Crippen LogP contribution in [0.1, 0.15) is 39.2 Å². The maximum Gasteiger partial charge on any atom is 0.410 e. The largest absolute Gasteiger partial charge is 0.444 e. The number of carbonyl (C=O) groups is 1. The van der Waals surface area contributed by atoms with Crippen molar-refractivity contribution in [2.75, 3.05) is 6.54 Å². The van der Waals surface area contributed by atoms with Crippen molar-refractivity contribution in [2.24, 2.45) is 16.8 Å². The number of nitrogens with zero attached hydrogens (tertiary/aromatic N) is 2. The fourth-order valence-electron chi connectivity index (χ4n) is 3.06. The summed E-state index contributed by atoms with van der Waals surface area (Å²) >= 11 is 0. The number of oxime groups is 1. The van der Waals surface area contributed by atoms with Crippen molar-refractivity contribution in [1.82, 2.24) is 4.90 Å². The van der Waals surface area contributed by atoms with E-state index in [9.17, 15) is 4.79 Å². The summed E-state index contributed by atoms with van der Waals surface area (Å²) in [5.74, 6) is 0.377. The van der Waals surface area contributed by atoms with Crippen molar-refractivity contribution in [3.63, 3.8) is 0 Å². The molecule has 0 bridgehead atoms. The molecule has 3 N–H and O–H groups in total. The highest BCUT2D eigenvalue weighted by atomic mass is 16.6. The van der Waals surface area contributed by atoms with E-state index < -0.39 is 17.7 Å². The molecule has 6 nitrogen and oxygen atoms in total. The number of hydrogen-bond acceptors (Lipinski definition) is 4. The van der Waals surface area contributed by atoms with Crippen molar-refractivity contribution in [1.29, 1.82) is 0 Å². The van der Waals surface area contributed by atoms with Gasteiger partial charge in [0.25, 0.3) is 0 Å². The van der Waals surface area contributed by atoms with Crippen LogP contribution in [-0.2, 0) is 11.2 Å². The van der Waals surface area contributed by atoms with Gasteiger partial charge >= 0.3 is 6.09 Å². The number of amides is 1. The van der Waals surface area contributed by atoms with Crippen molar-refractivity contribution in [3.05, 3.63) is 35.9 Å². The molecule has 24 heavy (non-hydrogen) atoms. The molecule has 0 saturated carbocycles. The summed E-state index contributed by atoms with van der Waals surface area (Å²) in [6, 6.07) is 9.79. The standard InChI is InChI=1S/C18H27N3O3/c1-18(2,3)24-17(22)21-12-14(9-10-15(21)16(19)20-23)11-13-7-5-4-6-8-13/h4-8,14-15,23H,9-12H2,1-3H3,(H2,19,20)/t14?,15-/m0/s1. The molecule has 1 saturated heterocycles. The molecule has 1 aromatic carbocycles. The summed E-state index contributed by atoms with van der Waals surface area (Å²) < 4.78 is 5.50. The van der Waals surface area contributed by atoms with E-state index in [4.69, 9.17) is 15.7 Å². The molecule has 1 unspecified atom stereocenters. The number of ether oxygens (including phenoxy) is 1. The first-order valence-electron chi connectivity index (χ1n) is 8.31. The molecular formula is C18H27N3O3. The van der Waals surface area contributed by atoms with Crippen molar-refractivity contribution < 1.29 is 14.7 Å². The first-order valence-corrected chi connectivity index (χ1v) is 8.31. The second-order valence-corrected chi connectivity index (χ2v) is 7.31. The molecule has 1 amide bonds. The van der Waals surface area contributed by atoms with Crippen LogP contribution in [0.4, 0.5) is 4.79 Å². The van der Waals surface area contributed by atoms with Crippen LogP contribution in [0.5, 0.6) is 0 Å². The van der Waals surface area contributed by atoms with Crippen LogP contribution in [0.2, 0.25) is 0 Å². The molecule has 132 valence electrons. The lowest BCUT2D eigenvalue weighted by molar-refractivity contribution is 0.0105. The average Bonchev–Trinajstić information content (AvgIpc) is 2.53. The maximum atomic E-state index is 12.6.